The molecule has 0 aliphatic carbocycles. The summed E-state index contributed by atoms with van der Waals surface area (Å²) in [5.41, 5.74) is 0.279. The number of benzene rings is 1. The Morgan fingerprint density at radius 2 is 2.15 bits per heavy atom. The van der Waals surface area contributed by atoms with Gasteiger partial charge in [0.15, 0.2) is 0 Å². The van der Waals surface area contributed by atoms with E-state index in [0.717, 1.165) is 18.7 Å². The first-order valence-corrected chi connectivity index (χ1v) is 6.42. The molecule has 1 aliphatic rings. The van der Waals surface area contributed by atoms with Gasteiger partial charge in [-0.05, 0) is 30.7 Å². The number of ether oxygens (including phenoxy) is 1. The summed E-state index contributed by atoms with van der Waals surface area (Å²) in [6, 6.07) is 3.58. The molecule has 0 saturated carbocycles. The van der Waals surface area contributed by atoms with Crippen molar-refractivity contribution >= 4 is 17.6 Å². The summed E-state index contributed by atoms with van der Waals surface area (Å²) < 4.78 is 17.9. The van der Waals surface area contributed by atoms with Crippen molar-refractivity contribution in [3.63, 3.8) is 0 Å². The topological polar surface area (TPSA) is 67.4 Å². The molecule has 1 heterocycles. The lowest BCUT2D eigenvalue weighted by atomic mass is 9.97. The number of carbonyl (C=O) groups is 2. The van der Waals surface area contributed by atoms with Gasteiger partial charge >= 0.3 is 5.97 Å². The van der Waals surface area contributed by atoms with Gasteiger partial charge in [-0.25, -0.2) is 9.18 Å². The van der Waals surface area contributed by atoms with E-state index in [1.807, 2.05) is 6.92 Å². The van der Waals surface area contributed by atoms with Crippen LogP contribution in [0.2, 0.25) is 0 Å². The molecule has 0 bridgehead atoms. The minimum atomic E-state index is -0.613. The molecule has 1 amide bonds. The van der Waals surface area contributed by atoms with Crippen LogP contribution < -0.4 is 10.6 Å². The smallest absolute Gasteiger partial charge is 0.339 e. The largest absolute Gasteiger partial charge is 0.465 e. The number of hydrogen-bond acceptors (Lipinski definition) is 4. The van der Waals surface area contributed by atoms with Gasteiger partial charge in [-0.3, -0.25) is 4.79 Å². The van der Waals surface area contributed by atoms with Gasteiger partial charge in [-0.2, -0.15) is 0 Å². The Bertz CT molecular complexity index is 533. The zero-order valence-electron chi connectivity index (χ0n) is 11.4. The maximum absolute atomic E-state index is 13.3. The highest BCUT2D eigenvalue weighted by molar-refractivity contribution is 6.02. The maximum Gasteiger partial charge on any atom is 0.339 e. The number of nitrogens with one attached hydrogen (secondary N) is 2. The molecule has 2 unspecified atom stereocenters. The fraction of sp³-hybridized carbons (Fsp3) is 0.429. The van der Waals surface area contributed by atoms with Crippen LogP contribution in [-0.4, -0.2) is 32.1 Å². The summed E-state index contributed by atoms with van der Waals surface area (Å²) >= 11 is 0. The van der Waals surface area contributed by atoms with Crippen molar-refractivity contribution in [2.45, 2.75) is 6.92 Å². The molecule has 6 heteroatoms. The molecule has 1 aliphatic heterocycles. The van der Waals surface area contributed by atoms with Gasteiger partial charge in [0.1, 0.15) is 5.82 Å². The second-order valence-corrected chi connectivity index (χ2v) is 4.91. The normalized spacial score (nSPS) is 21.6. The second kappa shape index (κ2) is 6.00. The lowest BCUT2D eigenvalue weighted by Gasteiger charge is -2.16. The van der Waals surface area contributed by atoms with Crippen LogP contribution in [0.5, 0.6) is 0 Å². The van der Waals surface area contributed by atoms with Gasteiger partial charge in [0.2, 0.25) is 5.91 Å². The Balaban J connectivity index is 2.21. The fourth-order valence-electron chi connectivity index (χ4n) is 2.29. The standard InChI is InChI=1S/C14H17FN2O3/c1-8-6-16-7-11(8)13(18)17-12-5-9(15)3-4-10(12)14(19)20-2/h3-5,8,11,16H,6-7H2,1-2H3,(H,17,18). The first-order chi connectivity index (χ1) is 9.52. The molecule has 108 valence electrons. The molecular weight excluding hydrogens is 263 g/mol. The number of rotatable bonds is 3. The van der Waals surface area contributed by atoms with Gasteiger partial charge in [0, 0.05) is 6.54 Å². The zero-order valence-corrected chi connectivity index (χ0v) is 11.4. The monoisotopic (exact) mass is 280 g/mol. The average molecular weight is 280 g/mol. The summed E-state index contributed by atoms with van der Waals surface area (Å²) in [5, 5.41) is 5.74. The van der Waals surface area contributed by atoms with Crippen molar-refractivity contribution in [3.8, 4) is 0 Å². The molecule has 2 atom stereocenters. The number of halogens is 1. The molecule has 1 fully saturated rings. The first kappa shape index (κ1) is 14.5. The number of amides is 1. The molecular formula is C14H17FN2O3. The number of hydrogen-bond donors (Lipinski definition) is 2. The second-order valence-electron chi connectivity index (χ2n) is 4.91. The Kier molecular flexibility index (Phi) is 4.34. The average Bonchev–Trinajstić information content (AvgIpc) is 2.84. The van der Waals surface area contributed by atoms with Crippen LogP contribution in [0.3, 0.4) is 0 Å². The van der Waals surface area contributed by atoms with Crippen molar-refractivity contribution < 1.29 is 18.7 Å². The molecule has 1 saturated heterocycles. The number of methoxy groups -OCH3 is 1. The molecule has 0 radical (unpaired) electrons. The molecule has 2 N–H and O–H groups in total. The van der Waals surface area contributed by atoms with E-state index >= 15 is 0 Å². The summed E-state index contributed by atoms with van der Waals surface area (Å²) in [4.78, 5) is 23.8. The highest BCUT2D eigenvalue weighted by Gasteiger charge is 2.30. The highest BCUT2D eigenvalue weighted by atomic mass is 19.1. The lowest BCUT2D eigenvalue weighted by molar-refractivity contribution is -0.120. The fourth-order valence-corrected chi connectivity index (χ4v) is 2.29. The Labute approximate surface area is 116 Å². The first-order valence-electron chi connectivity index (χ1n) is 6.42. The minimum Gasteiger partial charge on any atom is -0.465 e. The van der Waals surface area contributed by atoms with Crippen LogP contribution in [0, 0.1) is 17.7 Å². The van der Waals surface area contributed by atoms with E-state index in [2.05, 4.69) is 15.4 Å². The third-order valence-corrected chi connectivity index (χ3v) is 3.50. The van der Waals surface area contributed by atoms with Crippen molar-refractivity contribution in [3.05, 3.63) is 29.6 Å². The molecule has 2 rings (SSSR count). The van der Waals surface area contributed by atoms with Gasteiger partial charge in [0.05, 0.1) is 24.3 Å². The SMILES string of the molecule is COC(=O)c1ccc(F)cc1NC(=O)C1CNCC1C. The van der Waals surface area contributed by atoms with E-state index in [9.17, 15) is 14.0 Å². The van der Waals surface area contributed by atoms with E-state index in [4.69, 9.17) is 0 Å². The maximum atomic E-state index is 13.3. The molecule has 20 heavy (non-hydrogen) atoms. The molecule has 1 aromatic carbocycles. The van der Waals surface area contributed by atoms with E-state index < -0.39 is 11.8 Å². The van der Waals surface area contributed by atoms with Gasteiger partial charge in [0.25, 0.3) is 0 Å². The molecule has 5 nitrogen and oxygen atoms in total. The van der Waals surface area contributed by atoms with E-state index in [-0.39, 0.29) is 29.0 Å². The molecule has 0 aromatic heterocycles. The molecule has 1 aromatic rings. The van der Waals surface area contributed by atoms with Crippen LogP contribution >= 0.6 is 0 Å². The van der Waals surface area contributed by atoms with Crippen LogP contribution in [0.4, 0.5) is 10.1 Å². The third kappa shape index (κ3) is 2.96. The zero-order chi connectivity index (χ0) is 14.7. The predicted molar refractivity (Wildman–Crippen MR) is 71.9 cm³/mol. The van der Waals surface area contributed by atoms with Crippen LogP contribution in [-0.2, 0) is 9.53 Å². The summed E-state index contributed by atoms with van der Waals surface area (Å²) in [6.45, 7) is 3.32. The Morgan fingerprint density at radius 1 is 1.40 bits per heavy atom. The van der Waals surface area contributed by atoms with Gasteiger partial charge in [-0.1, -0.05) is 6.92 Å². The van der Waals surface area contributed by atoms with Gasteiger partial charge < -0.3 is 15.4 Å². The Morgan fingerprint density at radius 3 is 2.75 bits per heavy atom. The number of anilines is 1. The van der Waals surface area contributed by atoms with Crippen LogP contribution in [0.1, 0.15) is 17.3 Å². The highest BCUT2D eigenvalue weighted by Crippen LogP contribution is 2.22. The number of esters is 1. The number of carbonyl (C=O) groups excluding carboxylic acids is 2. The third-order valence-electron chi connectivity index (χ3n) is 3.50. The van der Waals surface area contributed by atoms with E-state index in [1.165, 1.54) is 13.2 Å². The van der Waals surface area contributed by atoms with Crippen molar-refractivity contribution in [1.82, 2.24) is 5.32 Å². The van der Waals surface area contributed by atoms with Crippen molar-refractivity contribution in [1.29, 1.82) is 0 Å². The Hall–Kier alpha value is -1.95. The van der Waals surface area contributed by atoms with Gasteiger partial charge in [-0.15, -0.1) is 0 Å². The minimum absolute atomic E-state index is 0.140. The van der Waals surface area contributed by atoms with Crippen molar-refractivity contribution in [2.24, 2.45) is 11.8 Å². The summed E-state index contributed by atoms with van der Waals surface area (Å²) in [7, 11) is 1.24. The summed E-state index contributed by atoms with van der Waals surface area (Å²) in [5.74, 6) is -1.35. The summed E-state index contributed by atoms with van der Waals surface area (Å²) in [6.07, 6.45) is 0. The van der Waals surface area contributed by atoms with E-state index in [1.54, 1.807) is 0 Å². The van der Waals surface area contributed by atoms with Crippen LogP contribution in [0.25, 0.3) is 0 Å². The quantitative estimate of drug-likeness (QED) is 0.821. The molecule has 0 spiro atoms. The van der Waals surface area contributed by atoms with Crippen LogP contribution in [0.15, 0.2) is 18.2 Å². The van der Waals surface area contributed by atoms with E-state index in [0.29, 0.717) is 6.54 Å². The van der Waals surface area contributed by atoms with Crippen molar-refractivity contribution in [2.75, 3.05) is 25.5 Å². The lowest BCUT2D eigenvalue weighted by Crippen LogP contribution is -2.28. The predicted octanol–water partition coefficient (Wildman–Crippen LogP) is 1.41.